The molecule has 82 valence electrons. The third-order valence-electron chi connectivity index (χ3n) is 1.35. The Morgan fingerprint density at radius 3 is 1.92 bits per heavy atom. The first-order valence-corrected chi connectivity index (χ1v) is 9.04. The van der Waals surface area contributed by atoms with Gasteiger partial charge in [-0.15, -0.1) is 0 Å². The molecule has 0 spiro atoms. The van der Waals surface area contributed by atoms with Crippen molar-refractivity contribution in [1.29, 1.82) is 0 Å². The maximum absolute atomic E-state index is 5.45. The monoisotopic (exact) mass is 223 g/mol. The lowest BCUT2D eigenvalue weighted by atomic mass is 10.5. The molecule has 0 aliphatic carbocycles. The average molecular weight is 223 g/mol. The summed E-state index contributed by atoms with van der Waals surface area (Å²) in [7, 11) is -0.0259. The first kappa shape index (κ1) is 15.8. The minimum atomic E-state index is -1.33. The van der Waals surface area contributed by atoms with Gasteiger partial charge in [0.05, 0.1) is 0 Å². The third kappa shape index (κ3) is 12.3. The fraction of sp³-hybridized carbons (Fsp3) is 1.00. The Labute approximate surface area is 87.3 Å². The predicted molar refractivity (Wildman–Crippen MR) is 64.7 cm³/mol. The molecule has 0 aromatic rings. The SMILES string of the molecule is CCO[SiH](CCCN)OCC.C[SiH3]. The van der Waals surface area contributed by atoms with Gasteiger partial charge in [0.15, 0.2) is 0 Å². The standard InChI is InChI=1S/C7H19NO2Si.CH6Si/c1-3-9-11(10-4-2)7-5-6-8;1-2/h11H,3-8H2,1-2H3;1-2H3. The van der Waals surface area contributed by atoms with Gasteiger partial charge in [-0.2, -0.15) is 0 Å². The Kier molecular flexibility index (Phi) is 18.0. The lowest BCUT2D eigenvalue weighted by Gasteiger charge is -2.13. The summed E-state index contributed by atoms with van der Waals surface area (Å²) in [6.07, 6.45) is 1.02. The van der Waals surface area contributed by atoms with Crippen LogP contribution in [0.5, 0.6) is 0 Å². The van der Waals surface area contributed by atoms with Gasteiger partial charge >= 0.3 is 9.28 Å². The predicted octanol–water partition coefficient (Wildman–Crippen LogP) is 0.0286. The van der Waals surface area contributed by atoms with Crippen LogP contribution < -0.4 is 5.73 Å². The van der Waals surface area contributed by atoms with E-state index in [0.29, 0.717) is 0 Å². The minimum absolute atomic E-state index is 0.740. The number of rotatable bonds is 7. The molecule has 0 saturated carbocycles. The van der Waals surface area contributed by atoms with E-state index in [9.17, 15) is 0 Å². The van der Waals surface area contributed by atoms with Gasteiger partial charge in [0.25, 0.3) is 0 Å². The highest BCUT2D eigenvalue weighted by atomic mass is 28.3. The molecule has 3 nitrogen and oxygen atoms in total. The Morgan fingerprint density at radius 1 is 1.15 bits per heavy atom. The van der Waals surface area contributed by atoms with E-state index >= 15 is 0 Å². The Balaban J connectivity index is 0. The second kappa shape index (κ2) is 14.8. The number of hydrogen-bond acceptors (Lipinski definition) is 3. The molecule has 0 bridgehead atoms. The normalized spacial score (nSPS) is 9.92. The van der Waals surface area contributed by atoms with Crippen molar-refractivity contribution in [2.75, 3.05) is 19.8 Å². The smallest absolute Gasteiger partial charge is 0.321 e. The molecule has 0 heterocycles. The van der Waals surface area contributed by atoms with Crippen LogP contribution in [0.1, 0.15) is 20.3 Å². The van der Waals surface area contributed by atoms with E-state index in [0.717, 1.165) is 32.2 Å². The topological polar surface area (TPSA) is 44.5 Å². The summed E-state index contributed by atoms with van der Waals surface area (Å²) in [5.41, 5.74) is 5.38. The van der Waals surface area contributed by atoms with Gasteiger partial charge in [-0.1, -0.05) is 6.55 Å². The summed E-state index contributed by atoms with van der Waals surface area (Å²) in [5, 5.41) is 0. The molecule has 0 saturated heterocycles. The van der Waals surface area contributed by atoms with Crippen molar-refractivity contribution in [2.45, 2.75) is 32.9 Å². The van der Waals surface area contributed by atoms with Gasteiger partial charge in [0.1, 0.15) is 0 Å². The molecule has 0 aliphatic rings. The second-order valence-electron chi connectivity index (χ2n) is 2.27. The summed E-state index contributed by atoms with van der Waals surface area (Å²) >= 11 is 0. The highest BCUT2D eigenvalue weighted by Gasteiger charge is 2.09. The van der Waals surface area contributed by atoms with Crippen LogP contribution in [0.15, 0.2) is 0 Å². The highest BCUT2D eigenvalue weighted by molar-refractivity contribution is 6.44. The molecule has 5 heteroatoms. The number of hydrogen-bond donors (Lipinski definition) is 1. The molecule has 0 radical (unpaired) electrons. The number of nitrogens with two attached hydrogens (primary N) is 1. The van der Waals surface area contributed by atoms with Gasteiger partial charge in [0.2, 0.25) is 0 Å². The molecule has 0 aliphatic heterocycles. The molecule has 0 unspecified atom stereocenters. The first-order valence-electron chi connectivity index (χ1n) is 5.28. The van der Waals surface area contributed by atoms with Crippen molar-refractivity contribution >= 4 is 19.5 Å². The van der Waals surface area contributed by atoms with E-state index in [2.05, 4.69) is 6.55 Å². The van der Waals surface area contributed by atoms with E-state index in [-0.39, 0.29) is 0 Å². The molecule has 0 atom stereocenters. The van der Waals surface area contributed by atoms with Crippen LogP contribution in [0.4, 0.5) is 0 Å². The van der Waals surface area contributed by atoms with Crippen LogP contribution in [0.2, 0.25) is 12.6 Å². The molecule has 0 aromatic carbocycles. The molecular weight excluding hydrogens is 198 g/mol. The first-order chi connectivity index (χ1) is 6.35. The lowest BCUT2D eigenvalue weighted by molar-refractivity contribution is 0.213. The molecule has 0 aromatic heterocycles. The van der Waals surface area contributed by atoms with E-state index in [1.54, 1.807) is 0 Å². The molecule has 0 amide bonds. The van der Waals surface area contributed by atoms with Crippen molar-refractivity contribution < 1.29 is 8.85 Å². The van der Waals surface area contributed by atoms with E-state index < -0.39 is 9.28 Å². The summed E-state index contributed by atoms with van der Waals surface area (Å²) in [4.78, 5) is 0. The molecule has 2 N–H and O–H groups in total. The maximum Gasteiger partial charge on any atom is 0.321 e. The zero-order valence-electron chi connectivity index (χ0n) is 9.51. The van der Waals surface area contributed by atoms with Crippen LogP contribution in [0.25, 0.3) is 0 Å². The molecule has 13 heavy (non-hydrogen) atoms. The molecule has 0 fully saturated rings. The van der Waals surface area contributed by atoms with Gasteiger partial charge in [-0.05, 0) is 43.1 Å². The summed E-state index contributed by atoms with van der Waals surface area (Å²) in [5.74, 6) is 0. The van der Waals surface area contributed by atoms with Crippen LogP contribution in [-0.2, 0) is 8.85 Å². The largest absolute Gasteiger partial charge is 0.397 e. The van der Waals surface area contributed by atoms with Gasteiger partial charge in [-0.3, -0.25) is 0 Å². The zero-order chi connectivity index (χ0) is 10.5. The van der Waals surface area contributed by atoms with Crippen LogP contribution in [0, 0.1) is 0 Å². The third-order valence-corrected chi connectivity index (χ3v) is 3.64. The van der Waals surface area contributed by atoms with Crippen molar-refractivity contribution in [3.8, 4) is 0 Å². The van der Waals surface area contributed by atoms with E-state index in [1.165, 1.54) is 10.2 Å². The summed E-state index contributed by atoms with van der Waals surface area (Å²) in [6.45, 7) is 8.41. The fourth-order valence-corrected chi connectivity index (χ4v) is 2.61. The van der Waals surface area contributed by atoms with Gasteiger partial charge in [0, 0.05) is 13.2 Å². The van der Waals surface area contributed by atoms with E-state index in [1.807, 2.05) is 13.8 Å². The lowest BCUT2D eigenvalue weighted by Crippen LogP contribution is -2.23. The van der Waals surface area contributed by atoms with Crippen molar-refractivity contribution in [3.63, 3.8) is 0 Å². The summed E-state index contributed by atoms with van der Waals surface area (Å²) in [6, 6.07) is 1.04. The summed E-state index contributed by atoms with van der Waals surface area (Å²) < 4.78 is 10.9. The Bertz CT molecular complexity index is 80.5. The van der Waals surface area contributed by atoms with Gasteiger partial charge < -0.3 is 14.6 Å². The van der Waals surface area contributed by atoms with Crippen LogP contribution in [-0.4, -0.2) is 39.3 Å². The van der Waals surface area contributed by atoms with Crippen LogP contribution >= 0.6 is 0 Å². The zero-order valence-corrected chi connectivity index (χ0v) is 12.7. The Hall–Kier alpha value is 0.314. The Morgan fingerprint density at radius 2 is 1.62 bits per heavy atom. The van der Waals surface area contributed by atoms with Crippen molar-refractivity contribution in [2.24, 2.45) is 5.73 Å². The van der Waals surface area contributed by atoms with Crippen molar-refractivity contribution in [3.05, 3.63) is 0 Å². The quantitative estimate of drug-likeness (QED) is 0.619. The molecule has 0 rings (SSSR count). The van der Waals surface area contributed by atoms with Gasteiger partial charge in [-0.25, -0.2) is 0 Å². The highest BCUT2D eigenvalue weighted by Crippen LogP contribution is 1.99. The fourth-order valence-electron chi connectivity index (χ4n) is 0.871. The van der Waals surface area contributed by atoms with Crippen LogP contribution in [0.3, 0.4) is 0 Å². The average Bonchev–Trinajstić information content (AvgIpc) is 2.18. The molecular formula is C8H25NO2Si2. The maximum atomic E-state index is 5.45. The van der Waals surface area contributed by atoms with Crippen molar-refractivity contribution in [1.82, 2.24) is 0 Å². The second-order valence-corrected chi connectivity index (χ2v) is 4.37. The van der Waals surface area contributed by atoms with E-state index in [4.69, 9.17) is 14.6 Å². The minimum Gasteiger partial charge on any atom is -0.397 e.